The molecule has 0 atom stereocenters. The van der Waals surface area contributed by atoms with Crippen LogP contribution in [0.4, 0.5) is 11.4 Å². The highest BCUT2D eigenvalue weighted by atomic mass is 32.2. The van der Waals surface area contributed by atoms with Crippen molar-refractivity contribution in [2.75, 3.05) is 17.1 Å². The lowest BCUT2D eigenvalue weighted by atomic mass is 10.2. The summed E-state index contributed by atoms with van der Waals surface area (Å²) in [4.78, 5) is 12.4. The van der Waals surface area contributed by atoms with E-state index in [0.717, 1.165) is 11.3 Å². The fourth-order valence-corrected chi connectivity index (χ4v) is 4.76. The lowest BCUT2D eigenvalue weighted by Gasteiger charge is -2.06. The van der Waals surface area contributed by atoms with Crippen LogP contribution < -0.4 is 14.8 Å². The van der Waals surface area contributed by atoms with Gasteiger partial charge in [-0.2, -0.15) is 0 Å². The Morgan fingerprint density at radius 1 is 1.20 bits per heavy atom. The second-order valence-corrected chi connectivity index (χ2v) is 9.26. The first-order valence-electron chi connectivity index (χ1n) is 9.03. The summed E-state index contributed by atoms with van der Waals surface area (Å²) >= 11 is 1.11. The second-order valence-electron chi connectivity index (χ2n) is 6.23. The first-order chi connectivity index (χ1) is 14.3. The largest absolute Gasteiger partial charge is 0.497 e. The molecule has 0 saturated heterocycles. The highest BCUT2D eigenvalue weighted by Crippen LogP contribution is 2.28. The van der Waals surface area contributed by atoms with Gasteiger partial charge in [0.05, 0.1) is 7.11 Å². The van der Waals surface area contributed by atoms with Gasteiger partial charge in [0, 0.05) is 17.0 Å². The van der Waals surface area contributed by atoms with Gasteiger partial charge >= 0.3 is 0 Å². The number of methoxy groups -OCH3 is 1. The van der Waals surface area contributed by atoms with Gasteiger partial charge in [-0.25, -0.2) is 8.42 Å². The van der Waals surface area contributed by atoms with Crippen molar-refractivity contribution >= 4 is 50.8 Å². The van der Waals surface area contributed by atoms with Crippen molar-refractivity contribution < 1.29 is 22.5 Å². The zero-order valence-electron chi connectivity index (χ0n) is 16.6. The summed E-state index contributed by atoms with van der Waals surface area (Å²) in [5.41, 5.74) is 1.51. The molecule has 3 aromatic rings. The van der Waals surface area contributed by atoms with Crippen LogP contribution in [0, 0.1) is 6.92 Å². The van der Waals surface area contributed by atoms with Crippen LogP contribution in [0.25, 0.3) is 12.2 Å². The number of carbonyl (C=O) groups is 1. The predicted octanol–water partition coefficient (Wildman–Crippen LogP) is 4.37. The first kappa shape index (κ1) is 21.6. The lowest BCUT2D eigenvalue weighted by Crippen LogP contribution is -2.11. The number of sulfonamides is 1. The monoisotopic (exact) mass is 447 g/mol. The Balaban J connectivity index is 1.75. The number of ether oxygens (including phenoxy) is 1. The Morgan fingerprint density at radius 2 is 1.93 bits per heavy atom. The molecule has 0 spiro atoms. The fourth-order valence-electron chi connectivity index (χ4n) is 2.47. The minimum Gasteiger partial charge on any atom is -0.497 e. The van der Waals surface area contributed by atoms with E-state index in [1.54, 1.807) is 63.4 Å². The van der Waals surface area contributed by atoms with E-state index in [-0.39, 0.29) is 10.1 Å². The number of benzene rings is 1. The molecule has 0 unspecified atom stereocenters. The standard InChI is InChI=1S/C20H21N3O5S2/c1-4-18(24)21-20-13(2)22-28-17(20)11-9-16-10-12-19(29-16)30(25,26)23-14-5-7-15(27-3)8-6-14/h5-12,23H,4H2,1-3H3,(H,21,24)/b11-9+. The van der Waals surface area contributed by atoms with Crippen LogP contribution in [0.15, 0.2) is 45.1 Å². The van der Waals surface area contributed by atoms with Crippen LogP contribution in [-0.2, 0) is 14.8 Å². The molecule has 2 N–H and O–H groups in total. The summed E-state index contributed by atoms with van der Waals surface area (Å²) in [7, 11) is -2.18. The molecule has 0 aliphatic rings. The Hall–Kier alpha value is -3.11. The van der Waals surface area contributed by atoms with Gasteiger partial charge in [-0.3, -0.25) is 9.52 Å². The maximum absolute atomic E-state index is 12.6. The Morgan fingerprint density at radius 3 is 2.60 bits per heavy atom. The summed E-state index contributed by atoms with van der Waals surface area (Å²) in [6.07, 6.45) is 3.68. The summed E-state index contributed by atoms with van der Waals surface area (Å²) in [5, 5.41) is 6.62. The third-order valence-corrected chi connectivity index (χ3v) is 7.01. The molecule has 1 aromatic carbocycles. The number of nitrogens with one attached hydrogen (secondary N) is 2. The fraction of sp³-hybridized carbons (Fsp3) is 0.200. The van der Waals surface area contributed by atoms with E-state index in [1.807, 2.05) is 0 Å². The Labute approximate surface area is 178 Å². The smallest absolute Gasteiger partial charge is 0.271 e. The zero-order valence-corrected chi connectivity index (χ0v) is 18.3. The molecule has 3 rings (SSSR count). The van der Waals surface area contributed by atoms with Crippen molar-refractivity contribution in [3.8, 4) is 5.75 Å². The van der Waals surface area contributed by atoms with Crippen molar-refractivity contribution in [2.45, 2.75) is 24.5 Å². The third kappa shape index (κ3) is 5.08. The molecular formula is C20H21N3O5S2. The van der Waals surface area contributed by atoms with E-state index < -0.39 is 10.0 Å². The molecule has 0 saturated carbocycles. The topological polar surface area (TPSA) is 111 Å². The quantitative estimate of drug-likeness (QED) is 0.530. The maximum Gasteiger partial charge on any atom is 0.271 e. The van der Waals surface area contributed by atoms with Crippen LogP contribution in [0.5, 0.6) is 5.75 Å². The van der Waals surface area contributed by atoms with Crippen LogP contribution in [0.2, 0.25) is 0 Å². The molecule has 0 fully saturated rings. The molecule has 0 radical (unpaired) electrons. The van der Waals surface area contributed by atoms with E-state index in [9.17, 15) is 13.2 Å². The number of thiophene rings is 1. The molecule has 8 nitrogen and oxygen atoms in total. The van der Waals surface area contributed by atoms with E-state index in [4.69, 9.17) is 9.26 Å². The van der Waals surface area contributed by atoms with Gasteiger partial charge in [-0.05, 0) is 55.5 Å². The van der Waals surface area contributed by atoms with Gasteiger partial charge in [0.15, 0.2) is 5.76 Å². The predicted molar refractivity (Wildman–Crippen MR) is 117 cm³/mol. The minimum atomic E-state index is -3.72. The number of hydrogen-bond acceptors (Lipinski definition) is 7. The number of aryl methyl sites for hydroxylation is 1. The van der Waals surface area contributed by atoms with E-state index in [0.29, 0.717) is 39.9 Å². The summed E-state index contributed by atoms with van der Waals surface area (Å²) in [6, 6.07) is 9.83. The highest BCUT2D eigenvalue weighted by molar-refractivity contribution is 7.94. The van der Waals surface area contributed by atoms with Gasteiger partial charge in [-0.15, -0.1) is 11.3 Å². The normalized spacial score (nSPS) is 11.6. The second kappa shape index (κ2) is 9.14. The molecule has 0 aliphatic heterocycles. The third-order valence-electron chi connectivity index (χ3n) is 4.08. The summed E-state index contributed by atoms with van der Waals surface area (Å²) in [6.45, 7) is 3.48. The Kier molecular flexibility index (Phi) is 6.58. The average Bonchev–Trinajstić information content (AvgIpc) is 3.34. The molecule has 2 aromatic heterocycles. The molecule has 0 bridgehead atoms. The molecule has 2 heterocycles. The number of hydrogen-bond donors (Lipinski definition) is 2. The van der Waals surface area contributed by atoms with Gasteiger partial charge < -0.3 is 14.6 Å². The van der Waals surface area contributed by atoms with Crippen molar-refractivity contribution in [1.29, 1.82) is 0 Å². The van der Waals surface area contributed by atoms with Crippen molar-refractivity contribution in [3.05, 3.63) is 52.7 Å². The number of anilines is 2. The Bertz CT molecular complexity index is 1160. The van der Waals surface area contributed by atoms with Crippen LogP contribution in [0.3, 0.4) is 0 Å². The molecule has 10 heteroatoms. The van der Waals surface area contributed by atoms with Crippen LogP contribution >= 0.6 is 11.3 Å². The van der Waals surface area contributed by atoms with Crippen LogP contribution in [-0.4, -0.2) is 26.6 Å². The van der Waals surface area contributed by atoms with E-state index in [1.165, 1.54) is 6.07 Å². The van der Waals surface area contributed by atoms with Crippen LogP contribution in [0.1, 0.15) is 29.7 Å². The number of aromatic nitrogens is 1. The number of nitrogens with zero attached hydrogens (tertiary/aromatic N) is 1. The van der Waals surface area contributed by atoms with Gasteiger partial charge in [0.2, 0.25) is 5.91 Å². The maximum atomic E-state index is 12.6. The van der Waals surface area contributed by atoms with Crippen molar-refractivity contribution in [1.82, 2.24) is 5.16 Å². The SMILES string of the molecule is CCC(=O)Nc1c(C)noc1/C=C/c1ccc(S(=O)(=O)Nc2ccc(OC)cc2)s1. The van der Waals surface area contributed by atoms with Gasteiger partial charge in [-0.1, -0.05) is 12.1 Å². The molecule has 1 amide bonds. The minimum absolute atomic E-state index is 0.148. The molecular weight excluding hydrogens is 426 g/mol. The molecule has 158 valence electrons. The van der Waals surface area contributed by atoms with Crippen molar-refractivity contribution in [3.63, 3.8) is 0 Å². The average molecular weight is 448 g/mol. The van der Waals surface area contributed by atoms with Gasteiger partial charge in [0.25, 0.3) is 10.0 Å². The zero-order chi connectivity index (χ0) is 21.7. The first-order valence-corrected chi connectivity index (χ1v) is 11.3. The summed E-state index contributed by atoms with van der Waals surface area (Å²) in [5.74, 6) is 0.882. The van der Waals surface area contributed by atoms with E-state index >= 15 is 0 Å². The summed E-state index contributed by atoms with van der Waals surface area (Å²) < 4.78 is 38.3. The number of amides is 1. The van der Waals surface area contributed by atoms with Gasteiger partial charge in [0.1, 0.15) is 21.3 Å². The number of rotatable bonds is 8. The molecule has 30 heavy (non-hydrogen) atoms. The lowest BCUT2D eigenvalue weighted by molar-refractivity contribution is -0.115. The highest BCUT2D eigenvalue weighted by Gasteiger charge is 2.17. The number of carbonyl (C=O) groups excluding carboxylic acids is 1. The van der Waals surface area contributed by atoms with Crippen molar-refractivity contribution in [2.24, 2.45) is 0 Å². The molecule has 0 aliphatic carbocycles. The van der Waals surface area contributed by atoms with E-state index in [2.05, 4.69) is 15.2 Å².